The van der Waals surface area contributed by atoms with Crippen LogP contribution in [0.3, 0.4) is 0 Å². The minimum Gasteiger partial charge on any atom is -0.477 e. The van der Waals surface area contributed by atoms with Crippen molar-refractivity contribution < 1.29 is 9.90 Å². The SMILES string of the molecule is Cc1cc(C#CC2CCN(C3CC3)CC2)cc(C(=O)O)n1. The van der Waals surface area contributed by atoms with Crippen molar-refractivity contribution in [2.75, 3.05) is 13.1 Å². The van der Waals surface area contributed by atoms with E-state index in [-0.39, 0.29) is 5.69 Å². The summed E-state index contributed by atoms with van der Waals surface area (Å²) in [4.78, 5) is 17.6. The Kier molecular flexibility index (Phi) is 3.94. The highest BCUT2D eigenvalue weighted by Gasteiger charge is 2.31. The quantitative estimate of drug-likeness (QED) is 0.847. The Morgan fingerprint density at radius 2 is 2.00 bits per heavy atom. The van der Waals surface area contributed by atoms with Gasteiger partial charge in [-0.3, -0.25) is 0 Å². The molecule has 110 valence electrons. The topological polar surface area (TPSA) is 53.4 Å². The van der Waals surface area contributed by atoms with Crippen LogP contribution < -0.4 is 0 Å². The first kappa shape index (κ1) is 14.1. The Labute approximate surface area is 125 Å². The molecule has 2 aliphatic rings. The van der Waals surface area contributed by atoms with E-state index >= 15 is 0 Å². The van der Waals surface area contributed by atoms with Gasteiger partial charge in [0, 0.05) is 23.2 Å². The van der Waals surface area contributed by atoms with Crippen LogP contribution in [0.4, 0.5) is 0 Å². The zero-order valence-electron chi connectivity index (χ0n) is 12.3. The van der Waals surface area contributed by atoms with Gasteiger partial charge in [-0.05, 0) is 57.8 Å². The lowest BCUT2D eigenvalue weighted by Crippen LogP contribution is -2.34. The number of aromatic carboxylic acids is 1. The van der Waals surface area contributed by atoms with Crippen LogP contribution >= 0.6 is 0 Å². The van der Waals surface area contributed by atoms with Crippen LogP contribution in [0, 0.1) is 24.7 Å². The van der Waals surface area contributed by atoms with E-state index in [1.807, 2.05) is 6.07 Å². The lowest BCUT2D eigenvalue weighted by Gasteiger charge is -2.29. The number of rotatable bonds is 2. The second-order valence-corrected chi connectivity index (χ2v) is 6.00. The summed E-state index contributed by atoms with van der Waals surface area (Å²) in [5, 5.41) is 9.02. The molecule has 0 amide bonds. The highest BCUT2D eigenvalue weighted by Crippen LogP contribution is 2.30. The van der Waals surface area contributed by atoms with Crippen molar-refractivity contribution in [3.8, 4) is 11.8 Å². The summed E-state index contributed by atoms with van der Waals surface area (Å²) in [5.41, 5.74) is 1.52. The Morgan fingerprint density at radius 1 is 1.29 bits per heavy atom. The Bertz CT molecular complexity index is 603. The van der Waals surface area contributed by atoms with Crippen molar-refractivity contribution in [1.82, 2.24) is 9.88 Å². The van der Waals surface area contributed by atoms with Gasteiger partial charge in [-0.15, -0.1) is 0 Å². The van der Waals surface area contributed by atoms with E-state index in [0.717, 1.165) is 37.5 Å². The van der Waals surface area contributed by atoms with Crippen molar-refractivity contribution in [3.63, 3.8) is 0 Å². The maximum absolute atomic E-state index is 11.0. The average Bonchev–Trinajstić information content (AvgIpc) is 3.30. The second kappa shape index (κ2) is 5.87. The molecule has 1 aliphatic heterocycles. The monoisotopic (exact) mass is 284 g/mol. The minimum atomic E-state index is -1.00. The smallest absolute Gasteiger partial charge is 0.354 e. The van der Waals surface area contributed by atoms with Gasteiger partial charge in [0.2, 0.25) is 0 Å². The molecule has 21 heavy (non-hydrogen) atoms. The molecule has 2 fully saturated rings. The molecule has 2 heterocycles. The lowest BCUT2D eigenvalue weighted by atomic mass is 9.97. The van der Waals surface area contributed by atoms with E-state index in [0.29, 0.717) is 11.6 Å². The summed E-state index contributed by atoms with van der Waals surface area (Å²) < 4.78 is 0. The largest absolute Gasteiger partial charge is 0.477 e. The molecular weight excluding hydrogens is 264 g/mol. The molecule has 0 bridgehead atoms. The standard InChI is InChI=1S/C17H20N2O2/c1-12-10-14(11-16(18-12)17(20)21)3-2-13-6-8-19(9-7-13)15-4-5-15/h10-11,13,15H,4-9H2,1H3,(H,20,21). The summed E-state index contributed by atoms with van der Waals surface area (Å²) in [5.74, 6) is 5.88. The molecule has 1 aromatic heterocycles. The third-order valence-electron chi connectivity index (χ3n) is 4.19. The van der Waals surface area contributed by atoms with Crippen LogP contribution in [0.2, 0.25) is 0 Å². The minimum absolute atomic E-state index is 0.0721. The van der Waals surface area contributed by atoms with Gasteiger partial charge >= 0.3 is 5.97 Å². The fraction of sp³-hybridized carbons (Fsp3) is 0.529. The van der Waals surface area contributed by atoms with Crippen molar-refractivity contribution in [3.05, 3.63) is 29.1 Å². The normalized spacial score (nSPS) is 19.9. The summed E-state index contributed by atoms with van der Waals surface area (Å²) in [6.45, 7) is 4.10. The highest BCUT2D eigenvalue weighted by molar-refractivity contribution is 5.85. The number of aryl methyl sites for hydroxylation is 1. The Morgan fingerprint density at radius 3 is 2.62 bits per heavy atom. The molecule has 1 aromatic rings. The predicted octanol–water partition coefficient (Wildman–Crippen LogP) is 2.31. The number of carboxylic acids is 1. The van der Waals surface area contributed by atoms with E-state index in [1.54, 1.807) is 13.0 Å². The summed E-state index contributed by atoms with van der Waals surface area (Å²) in [6.07, 6.45) is 4.98. The molecular formula is C17H20N2O2. The molecule has 0 atom stereocenters. The molecule has 0 radical (unpaired) electrons. The zero-order valence-corrected chi connectivity index (χ0v) is 12.3. The van der Waals surface area contributed by atoms with Crippen LogP contribution in [0.5, 0.6) is 0 Å². The van der Waals surface area contributed by atoms with Crippen molar-refractivity contribution in [2.45, 2.75) is 38.6 Å². The zero-order chi connectivity index (χ0) is 14.8. The fourth-order valence-corrected chi connectivity index (χ4v) is 2.88. The number of hydrogen-bond donors (Lipinski definition) is 1. The maximum atomic E-state index is 11.0. The predicted molar refractivity (Wildman–Crippen MR) is 80.1 cm³/mol. The molecule has 1 N–H and O–H groups in total. The molecule has 0 spiro atoms. The van der Waals surface area contributed by atoms with Gasteiger partial charge in [-0.1, -0.05) is 11.8 Å². The molecule has 1 saturated heterocycles. The third-order valence-corrected chi connectivity index (χ3v) is 4.19. The van der Waals surface area contributed by atoms with Crippen LogP contribution in [0.15, 0.2) is 12.1 Å². The first-order chi connectivity index (χ1) is 10.1. The van der Waals surface area contributed by atoms with Crippen LogP contribution in [-0.4, -0.2) is 40.1 Å². The first-order valence-corrected chi connectivity index (χ1v) is 7.59. The fourth-order valence-electron chi connectivity index (χ4n) is 2.88. The molecule has 1 aliphatic carbocycles. The average molecular weight is 284 g/mol. The molecule has 4 nitrogen and oxygen atoms in total. The molecule has 0 unspecified atom stereocenters. The number of aromatic nitrogens is 1. The highest BCUT2D eigenvalue weighted by atomic mass is 16.4. The summed E-state index contributed by atoms with van der Waals surface area (Å²) in [6, 6.07) is 4.25. The molecule has 4 heteroatoms. The van der Waals surface area contributed by atoms with Crippen LogP contribution in [-0.2, 0) is 0 Å². The Hall–Kier alpha value is -1.86. The third kappa shape index (κ3) is 3.62. The first-order valence-electron chi connectivity index (χ1n) is 7.59. The van der Waals surface area contributed by atoms with E-state index in [4.69, 9.17) is 5.11 Å². The van der Waals surface area contributed by atoms with Gasteiger partial charge in [-0.2, -0.15) is 0 Å². The number of hydrogen-bond acceptors (Lipinski definition) is 3. The number of nitrogens with zero attached hydrogens (tertiary/aromatic N) is 2. The second-order valence-electron chi connectivity index (χ2n) is 6.00. The summed E-state index contributed by atoms with van der Waals surface area (Å²) in [7, 11) is 0. The van der Waals surface area contributed by atoms with Gasteiger partial charge in [0.1, 0.15) is 5.69 Å². The van der Waals surface area contributed by atoms with Gasteiger partial charge in [-0.25, -0.2) is 9.78 Å². The number of carbonyl (C=O) groups is 1. The van der Waals surface area contributed by atoms with Crippen LogP contribution in [0.25, 0.3) is 0 Å². The van der Waals surface area contributed by atoms with Crippen molar-refractivity contribution in [2.24, 2.45) is 5.92 Å². The van der Waals surface area contributed by atoms with E-state index in [9.17, 15) is 4.79 Å². The molecule has 3 rings (SSSR count). The van der Waals surface area contributed by atoms with E-state index in [1.165, 1.54) is 12.8 Å². The van der Waals surface area contributed by atoms with Gasteiger partial charge in [0.25, 0.3) is 0 Å². The van der Waals surface area contributed by atoms with Gasteiger partial charge in [0.15, 0.2) is 0 Å². The number of pyridine rings is 1. The van der Waals surface area contributed by atoms with Gasteiger partial charge < -0.3 is 10.0 Å². The van der Waals surface area contributed by atoms with Gasteiger partial charge in [0.05, 0.1) is 0 Å². The number of likely N-dealkylation sites (tertiary alicyclic amines) is 1. The maximum Gasteiger partial charge on any atom is 0.354 e. The van der Waals surface area contributed by atoms with E-state index in [2.05, 4.69) is 21.7 Å². The van der Waals surface area contributed by atoms with Crippen molar-refractivity contribution >= 4 is 5.97 Å². The molecule has 0 aromatic carbocycles. The summed E-state index contributed by atoms with van der Waals surface area (Å²) >= 11 is 0. The lowest BCUT2D eigenvalue weighted by molar-refractivity contribution is 0.0690. The number of piperidine rings is 1. The van der Waals surface area contributed by atoms with Crippen molar-refractivity contribution in [1.29, 1.82) is 0 Å². The Balaban J connectivity index is 1.65. The van der Waals surface area contributed by atoms with E-state index < -0.39 is 5.97 Å². The van der Waals surface area contributed by atoms with Crippen LogP contribution in [0.1, 0.15) is 47.4 Å². The molecule has 1 saturated carbocycles. The number of carboxylic acid groups (broad SMARTS) is 1.